The van der Waals surface area contributed by atoms with Crippen molar-refractivity contribution in [3.8, 4) is 0 Å². The Bertz CT molecular complexity index is 870. The molecule has 0 N–H and O–H groups in total. The van der Waals surface area contributed by atoms with Crippen LogP contribution in [-0.2, 0) is 0 Å². The number of carbonyl (C=O) groups excluding carboxylic acids is 2. The van der Waals surface area contributed by atoms with Crippen molar-refractivity contribution in [1.29, 1.82) is 0 Å². The van der Waals surface area contributed by atoms with Gasteiger partial charge in [0.15, 0.2) is 5.78 Å². The number of likely N-dealkylation sites (tertiary alicyclic amines) is 1. The van der Waals surface area contributed by atoms with Crippen LogP contribution in [0.15, 0.2) is 36.4 Å². The van der Waals surface area contributed by atoms with Crippen LogP contribution in [0.1, 0.15) is 83.1 Å². The minimum Gasteiger partial charge on any atom is -0.345 e. The first-order valence-corrected chi connectivity index (χ1v) is 11.1. The molecule has 2 fully saturated rings. The summed E-state index contributed by atoms with van der Waals surface area (Å²) in [6.07, 6.45) is 7.84. The standard InChI is InChI=1S/C25H32N2O2/c1-18-17-23(19(2)27(18)22-11-7-4-8-12-22)25(29)26-15-13-21(14-16-26)24(28)20-9-5-3-6-10-20/h3,5-6,9-10,17,21-22H,4,7-8,11-16H2,1-2H3. The third-order valence-corrected chi connectivity index (χ3v) is 6.87. The summed E-state index contributed by atoms with van der Waals surface area (Å²) in [4.78, 5) is 27.9. The fourth-order valence-electron chi connectivity index (χ4n) is 5.25. The molecule has 0 spiro atoms. The minimum absolute atomic E-state index is 0.0242. The molecule has 0 atom stereocenters. The molecule has 4 rings (SSSR count). The third kappa shape index (κ3) is 4.03. The summed E-state index contributed by atoms with van der Waals surface area (Å²) in [6.45, 7) is 5.55. The lowest BCUT2D eigenvalue weighted by Gasteiger charge is -2.31. The molecule has 154 valence electrons. The van der Waals surface area contributed by atoms with Crippen molar-refractivity contribution in [1.82, 2.24) is 9.47 Å². The zero-order chi connectivity index (χ0) is 20.4. The lowest BCUT2D eigenvalue weighted by molar-refractivity contribution is 0.0649. The van der Waals surface area contributed by atoms with Crippen LogP contribution in [-0.4, -0.2) is 34.2 Å². The maximum atomic E-state index is 13.2. The van der Waals surface area contributed by atoms with E-state index in [9.17, 15) is 9.59 Å². The van der Waals surface area contributed by atoms with E-state index in [4.69, 9.17) is 0 Å². The lowest BCUT2D eigenvalue weighted by atomic mass is 9.88. The number of ketones is 1. The molecule has 1 aromatic carbocycles. The summed E-state index contributed by atoms with van der Waals surface area (Å²) in [5.41, 5.74) is 3.95. The first kappa shape index (κ1) is 19.9. The summed E-state index contributed by atoms with van der Waals surface area (Å²) in [7, 11) is 0. The molecule has 0 bridgehead atoms. The number of Topliss-reactive ketones (excluding diaryl/α,β-unsaturated/α-hetero) is 1. The second kappa shape index (κ2) is 8.56. The highest BCUT2D eigenvalue weighted by Gasteiger charge is 2.30. The van der Waals surface area contributed by atoms with E-state index in [1.165, 1.54) is 37.8 Å². The quantitative estimate of drug-likeness (QED) is 0.659. The van der Waals surface area contributed by atoms with E-state index >= 15 is 0 Å². The van der Waals surface area contributed by atoms with Gasteiger partial charge in [-0.1, -0.05) is 49.6 Å². The van der Waals surface area contributed by atoms with Gasteiger partial charge in [-0.25, -0.2) is 0 Å². The van der Waals surface area contributed by atoms with Crippen LogP contribution in [0, 0.1) is 19.8 Å². The number of aromatic nitrogens is 1. The van der Waals surface area contributed by atoms with Gasteiger partial charge in [0.1, 0.15) is 0 Å². The van der Waals surface area contributed by atoms with Gasteiger partial charge in [-0.2, -0.15) is 0 Å². The van der Waals surface area contributed by atoms with E-state index in [0.29, 0.717) is 19.1 Å². The van der Waals surface area contributed by atoms with Crippen molar-refractivity contribution >= 4 is 11.7 Å². The normalized spacial score (nSPS) is 18.8. The Morgan fingerprint density at radius 3 is 2.21 bits per heavy atom. The van der Waals surface area contributed by atoms with Crippen LogP contribution in [0.5, 0.6) is 0 Å². The van der Waals surface area contributed by atoms with Gasteiger partial charge < -0.3 is 9.47 Å². The maximum Gasteiger partial charge on any atom is 0.255 e. The third-order valence-electron chi connectivity index (χ3n) is 6.87. The number of benzene rings is 1. The molecule has 4 nitrogen and oxygen atoms in total. The van der Waals surface area contributed by atoms with Crippen LogP contribution < -0.4 is 0 Å². The first-order chi connectivity index (χ1) is 14.1. The molecular formula is C25H32N2O2. The molecule has 1 saturated carbocycles. The van der Waals surface area contributed by atoms with Crippen molar-refractivity contribution in [2.24, 2.45) is 5.92 Å². The van der Waals surface area contributed by atoms with Gasteiger partial charge in [-0.15, -0.1) is 0 Å². The molecule has 1 aromatic heterocycles. The predicted octanol–water partition coefficient (Wildman–Crippen LogP) is 5.35. The summed E-state index contributed by atoms with van der Waals surface area (Å²) in [5, 5.41) is 0. The smallest absolute Gasteiger partial charge is 0.255 e. The predicted molar refractivity (Wildman–Crippen MR) is 115 cm³/mol. The number of nitrogens with zero attached hydrogens (tertiary/aromatic N) is 2. The summed E-state index contributed by atoms with van der Waals surface area (Å²) in [5.74, 6) is 0.370. The Hall–Kier alpha value is -2.36. The zero-order valence-corrected chi connectivity index (χ0v) is 17.7. The highest BCUT2D eigenvalue weighted by Crippen LogP contribution is 2.33. The van der Waals surface area contributed by atoms with Gasteiger partial charge in [0.05, 0.1) is 5.56 Å². The Morgan fingerprint density at radius 2 is 1.55 bits per heavy atom. The van der Waals surface area contributed by atoms with Crippen molar-refractivity contribution in [3.63, 3.8) is 0 Å². The van der Waals surface area contributed by atoms with Crippen LogP contribution in [0.3, 0.4) is 0 Å². The molecule has 1 amide bonds. The molecule has 1 saturated heterocycles. The molecular weight excluding hydrogens is 360 g/mol. The van der Waals surface area contributed by atoms with Crippen molar-refractivity contribution in [3.05, 3.63) is 58.9 Å². The number of rotatable bonds is 4. The van der Waals surface area contributed by atoms with Gasteiger partial charge in [0.2, 0.25) is 0 Å². The monoisotopic (exact) mass is 392 g/mol. The van der Waals surface area contributed by atoms with E-state index in [-0.39, 0.29) is 17.6 Å². The minimum atomic E-state index is 0.0242. The Morgan fingerprint density at radius 1 is 0.897 bits per heavy atom. The van der Waals surface area contributed by atoms with E-state index in [1.54, 1.807) is 0 Å². The molecule has 29 heavy (non-hydrogen) atoms. The number of carbonyl (C=O) groups is 2. The van der Waals surface area contributed by atoms with Crippen LogP contribution in [0.25, 0.3) is 0 Å². The van der Waals surface area contributed by atoms with Gasteiger partial charge in [0, 0.05) is 42.0 Å². The molecule has 0 unspecified atom stereocenters. The van der Waals surface area contributed by atoms with Crippen molar-refractivity contribution in [2.45, 2.75) is 64.8 Å². The topological polar surface area (TPSA) is 42.3 Å². The largest absolute Gasteiger partial charge is 0.345 e. The van der Waals surface area contributed by atoms with E-state index < -0.39 is 0 Å². The fourth-order valence-corrected chi connectivity index (χ4v) is 5.25. The molecule has 2 aliphatic rings. The molecule has 1 aliphatic heterocycles. The van der Waals surface area contributed by atoms with Gasteiger partial charge in [0.25, 0.3) is 5.91 Å². The average Bonchev–Trinajstić information content (AvgIpc) is 3.08. The van der Waals surface area contributed by atoms with Gasteiger partial charge in [-0.3, -0.25) is 9.59 Å². The van der Waals surface area contributed by atoms with Gasteiger partial charge in [-0.05, 0) is 45.6 Å². The molecule has 0 radical (unpaired) electrons. The van der Waals surface area contributed by atoms with E-state index in [1.807, 2.05) is 35.2 Å². The molecule has 4 heteroatoms. The first-order valence-electron chi connectivity index (χ1n) is 11.1. The number of hydrogen-bond donors (Lipinski definition) is 0. The van der Waals surface area contributed by atoms with E-state index in [0.717, 1.165) is 29.7 Å². The van der Waals surface area contributed by atoms with Gasteiger partial charge >= 0.3 is 0 Å². The molecule has 1 aliphatic carbocycles. The van der Waals surface area contributed by atoms with Crippen LogP contribution >= 0.6 is 0 Å². The zero-order valence-electron chi connectivity index (χ0n) is 17.7. The van der Waals surface area contributed by atoms with E-state index in [2.05, 4.69) is 24.5 Å². The number of piperidine rings is 1. The second-order valence-corrected chi connectivity index (χ2v) is 8.74. The van der Waals surface area contributed by atoms with Crippen LogP contribution in [0.4, 0.5) is 0 Å². The lowest BCUT2D eigenvalue weighted by Crippen LogP contribution is -2.40. The van der Waals surface area contributed by atoms with Crippen molar-refractivity contribution < 1.29 is 9.59 Å². The summed E-state index contributed by atoms with van der Waals surface area (Å²) in [6, 6.07) is 12.1. The SMILES string of the molecule is Cc1cc(C(=O)N2CCC(C(=O)c3ccccc3)CC2)c(C)n1C1CCCCC1. The molecule has 2 heterocycles. The average molecular weight is 393 g/mol. The van der Waals surface area contributed by atoms with Crippen molar-refractivity contribution in [2.75, 3.05) is 13.1 Å². The Kier molecular flexibility index (Phi) is 5.89. The number of amides is 1. The van der Waals surface area contributed by atoms with Crippen LogP contribution in [0.2, 0.25) is 0 Å². The maximum absolute atomic E-state index is 13.2. The Balaban J connectivity index is 1.43. The highest BCUT2D eigenvalue weighted by molar-refractivity contribution is 5.98. The fraction of sp³-hybridized carbons (Fsp3) is 0.520. The highest BCUT2D eigenvalue weighted by atomic mass is 16.2. The number of aryl methyl sites for hydroxylation is 1. The second-order valence-electron chi connectivity index (χ2n) is 8.74. The summed E-state index contributed by atoms with van der Waals surface area (Å²) < 4.78 is 2.40. The molecule has 2 aromatic rings. The number of hydrogen-bond acceptors (Lipinski definition) is 2. The Labute approximate surface area is 173 Å². The summed E-state index contributed by atoms with van der Waals surface area (Å²) >= 11 is 0.